The molecule has 2 saturated heterocycles. The molecule has 2 aromatic carbocycles. The van der Waals surface area contributed by atoms with Crippen LogP contribution in [0.25, 0.3) is 0 Å². The molecule has 9 nitrogen and oxygen atoms in total. The van der Waals surface area contributed by atoms with Crippen molar-refractivity contribution in [3.63, 3.8) is 0 Å². The minimum atomic E-state index is -1.09. The van der Waals surface area contributed by atoms with Crippen molar-refractivity contribution >= 4 is 46.6 Å². The van der Waals surface area contributed by atoms with Gasteiger partial charge in [0.2, 0.25) is 5.91 Å². The number of methoxy groups -OCH3 is 2. The van der Waals surface area contributed by atoms with E-state index in [0.717, 1.165) is 17.1 Å². The molecular weight excluding hydrogens is 560 g/mol. The number of amides is 2. The fraction of sp³-hybridized carbons (Fsp3) is 0.367. The summed E-state index contributed by atoms with van der Waals surface area (Å²) < 4.78 is 16.5. The van der Waals surface area contributed by atoms with Gasteiger partial charge in [-0.1, -0.05) is 30.3 Å². The summed E-state index contributed by atoms with van der Waals surface area (Å²) in [4.78, 5) is 32.0. The Labute approximate surface area is 249 Å². The average molecular weight is 595 g/mol. The smallest absolute Gasteiger partial charge is 0.250 e. The molecule has 1 atom stereocenters. The minimum absolute atomic E-state index is 0.0131. The molecule has 2 aliphatic heterocycles. The van der Waals surface area contributed by atoms with Crippen molar-refractivity contribution in [3.8, 4) is 11.5 Å². The van der Waals surface area contributed by atoms with E-state index in [0.29, 0.717) is 47.4 Å². The molecule has 0 bridgehead atoms. The second kappa shape index (κ2) is 12.9. The van der Waals surface area contributed by atoms with Gasteiger partial charge in [-0.15, -0.1) is 0 Å². The highest BCUT2D eigenvalue weighted by atomic mass is 32.2. The van der Waals surface area contributed by atoms with Gasteiger partial charge in [-0.25, -0.2) is 0 Å². The molecule has 2 N–H and O–H groups in total. The van der Waals surface area contributed by atoms with E-state index in [1.807, 2.05) is 41.3 Å². The predicted molar refractivity (Wildman–Crippen MR) is 163 cm³/mol. The molecule has 3 aromatic rings. The molecular formula is C30H34N4O5S2. The number of hydrogen-bond donors (Lipinski definition) is 2. The number of carbonyl (C=O) groups excluding carboxylic acids is 2. The van der Waals surface area contributed by atoms with Crippen LogP contribution < -0.4 is 20.1 Å². The van der Waals surface area contributed by atoms with Crippen molar-refractivity contribution in [1.29, 1.82) is 0 Å². The zero-order valence-electron chi connectivity index (χ0n) is 23.1. The van der Waals surface area contributed by atoms with Gasteiger partial charge in [-0.05, 0) is 66.4 Å². The van der Waals surface area contributed by atoms with E-state index in [2.05, 4.69) is 10.6 Å². The quantitative estimate of drug-likeness (QED) is 0.330. The second-order valence-corrected chi connectivity index (χ2v) is 11.6. The summed E-state index contributed by atoms with van der Waals surface area (Å²) in [5, 5.41) is 6.92. The maximum atomic E-state index is 14.2. The number of rotatable bonds is 10. The molecule has 0 radical (unpaired) electrons. The summed E-state index contributed by atoms with van der Waals surface area (Å²) in [5.41, 5.74) is 0.524. The average Bonchev–Trinajstić information content (AvgIpc) is 3.66. The highest BCUT2D eigenvalue weighted by Gasteiger charge is 2.48. The Morgan fingerprint density at radius 2 is 1.90 bits per heavy atom. The summed E-state index contributed by atoms with van der Waals surface area (Å²) in [6.07, 6.45) is 2.58. The van der Waals surface area contributed by atoms with Crippen LogP contribution in [0, 0.1) is 0 Å². The Morgan fingerprint density at radius 3 is 2.59 bits per heavy atom. The largest absolute Gasteiger partial charge is 0.497 e. The summed E-state index contributed by atoms with van der Waals surface area (Å²) in [7, 11) is 3.11. The number of anilines is 1. The molecule has 0 spiro atoms. The van der Waals surface area contributed by atoms with E-state index < -0.39 is 5.54 Å². The lowest BCUT2D eigenvalue weighted by Crippen LogP contribution is -2.61. The highest BCUT2D eigenvalue weighted by molar-refractivity contribution is 7.99. The molecule has 41 heavy (non-hydrogen) atoms. The van der Waals surface area contributed by atoms with Gasteiger partial charge < -0.3 is 34.3 Å². The first-order valence-corrected chi connectivity index (χ1v) is 15.0. The van der Waals surface area contributed by atoms with Crippen molar-refractivity contribution < 1.29 is 23.5 Å². The van der Waals surface area contributed by atoms with Crippen LogP contribution in [0.4, 0.5) is 5.69 Å². The molecule has 216 valence electrons. The number of furan rings is 1. The summed E-state index contributed by atoms with van der Waals surface area (Å²) in [6, 6.07) is 18.9. The minimum Gasteiger partial charge on any atom is -0.497 e. The standard InChI is InChI=1S/C30H34N4O5S2/c1-37-22-10-11-24(26(17-22)38-2)31-28(36)30(12-15-41-16-13-30)34(18-23-9-6-14-39-23)27(35)20-33-19-25(32-29(33)40)21-7-4-3-5-8-21/h3-11,14,17,25H,12-13,15-16,18-20H2,1-2H3,(H,31,36)(H,32,40). The monoisotopic (exact) mass is 594 g/mol. The number of hydrogen-bond acceptors (Lipinski definition) is 7. The summed E-state index contributed by atoms with van der Waals surface area (Å²) >= 11 is 7.41. The number of carbonyl (C=O) groups is 2. The first-order chi connectivity index (χ1) is 19.9. The van der Waals surface area contributed by atoms with Gasteiger partial charge in [-0.2, -0.15) is 11.8 Å². The van der Waals surface area contributed by atoms with Crippen LogP contribution in [0.1, 0.15) is 30.2 Å². The lowest BCUT2D eigenvalue weighted by Gasteiger charge is -2.45. The topological polar surface area (TPSA) is 96.3 Å². The van der Waals surface area contributed by atoms with Gasteiger partial charge in [0.1, 0.15) is 22.8 Å². The van der Waals surface area contributed by atoms with E-state index >= 15 is 0 Å². The number of thiocarbonyl (C=S) groups is 1. The van der Waals surface area contributed by atoms with E-state index in [1.165, 1.54) is 0 Å². The number of benzene rings is 2. The first kappa shape index (κ1) is 28.8. The maximum absolute atomic E-state index is 14.2. The summed E-state index contributed by atoms with van der Waals surface area (Å²) in [5.74, 6) is 2.73. The number of thioether (sulfide) groups is 1. The van der Waals surface area contributed by atoms with Crippen LogP contribution in [0.3, 0.4) is 0 Å². The van der Waals surface area contributed by atoms with Crippen LogP contribution in [-0.2, 0) is 16.1 Å². The third kappa shape index (κ3) is 6.31. The van der Waals surface area contributed by atoms with Crippen LogP contribution in [0.2, 0.25) is 0 Å². The maximum Gasteiger partial charge on any atom is 0.250 e. The zero-order valence-corrected chi connectivity index (χ0v) is 24.8. The molecule has 1 aromatic heterocycles. The predicted octanol–water partition coefficient (Wildman–Crippen LogP) is 4.46. The molecule has 5 rings (SSSR count). The van der Waals surface area contributed by atoms with Gasteiger partial charge >= 0.3 is 0 Å². The van der Waals surface area contributed by atoms with Gasteiger partial charge in [0, 0.05) is 12.6 Å². The molecule has 11 heteroatoms. The van der Waals surface area contributed by atoms with E-state index in [4.69, 9.17) is 26.1 Å². The molecule has 0 aliphatic carbocycles. The first-order valence-electron chi connectivity index (χ1n) is 13.5. The Kier molecular flexibility index (Phi) is 9.04. The summed E-state index contributed by atoms with van der Waals surface area (Å²) in [6.45, 7) is 0.769. The Bertz CT molecular complexity index is 1360. The van der Waals surface area contributed by atoms with Gasteiger partial charge in [0.15, 0.2) is 5.11 Å². The van der Waals surface area contributed by atoms with Crippen LogP contribution in [0.15, 0.2) is 71.3 Å². The third-order valence-electron chi connectivity index (χ3n) is 7.63. The second-order valence-electron chi connectivity index (χ2n) is 10.0. The van der Waals surface area contributed by atoms with Crippen molar-refractivity contribution in [1.82, 2.24) is 15.1 Å². The number of nitrogens with one attached hydrogen (secondary N) is 2. The van der Waals surface area contributed by atoms with Crippen molar-refractivity contribution in [2.75, 3.05) is 44.1 Å². The highest BCUT2D eigenvalue weighted by Crippen LogP contribution is 2.37. The van der Waals surface area contributed by atoms with Gasteiger partial charge in [0.05, 0.1) is 45.3 Å². The van der Waals surface area contributed by atoms with Crippen LogP contribution in [0.5, 0.6) is 11.5 Å². The molecule has 2 amide bonds. The van der Waals surface area contributed by atoms with E-state index in [1.54, 1.807) is 61.4 Å². The zero-order chi connectivity index (χ0) is 28.8. The lowest BCUT2D eigenvalue weighted by molar-refractivity contribution is -0.147. The fourth-order valence-electron chi connectivity index (χ4n) is 5.35. The van der Waals surface area contributed by atoms with Crippen molar-refractivity contribution in [3.05, 3.63) is 78.3 Å². The SMILES string of the molecule is COc1ccc(NC(=O)C2(N(Cc3ccco3)C(=O)CN3CC(c4ccccc4)NC3=S)CCSCC2)c(OC)c1. The van der Waals surface area contributed by atoms with Gasteiger partial charge in [-0.3, -0.25) is 9.59 Å². The fourth-order valence-corrected chi connectivity index (χ4v) is 6.80. The Morgan fingerprint density at radius 1 is 1.12 bits per heavy atom. The molecule has 1 unspecified atom stereocenters. The van der Waals surface area contributed by atoms with Crippen molar-refractivity contribution in [2.45, 2.75) is 31.0 Å². The third-order valence-corrected chi connectivity index (χ3v) is 8.99. The van der Waals surface area contributed by atoms with Gasteiger partial charge in [0.25, 0.3) is 5.91 Å². The number of ether oxygens (including phenoxy) is 2. The van der Waals surface area contributed by atoms with E-state index in [9.17, 15) is 9.59 Å². The molecule has 0 saturated carbocycles. The lowest BCUT2D eigenvalue weighted by atomic mass is 9.88. The normalized spacial score (nSPS) is 18.0. The van der Waals surface area contributed by atoms with Crippen molar-refractivity contribution in [2.24, 2.45) is 0 Å². The van der Waals surface area contributed by atoms with Crippen LogP contribution >= 0.6 is 24.0 Å². The molecule has 3 heterocycles. The van der Waals surface area contributed by atoms with E-state index in [-0.39, 0.29) is 30.9 Å². The Hall–Kier alpha value is -3.70. The molecule has 2 fully saturated rings. The Balaban J connectivity index is 1.43. The van der Waals surface area contributed by atoms with Crippen LogP contribution in [-0.4, -0.2) is 71.1 Å². The number of nitrogens with zero attached hydrogens (tertiary/aromatic N) is 2. The molecule has 2 aliphatic rings.